The molecule has 25 heavy (non-hydrogen) atoms. The van der Waals surface area contributed by atoms with Gasteiger partial charge in [0.25, 0.3) is 0 Å². The van der Waals surface area contributed by atoms with Crippen LogP contribution in [0.15, 0.2) is 29.2 Å². The molecule has 0 spiro atoms. The zero-order valence-electron chi connectivity index (χ0n) is 14.9. The van der Waals surface area contributed by atoms with E-state index in [-0.39, 0.29) is 22.7 Å². The fourth-order valence-electron chi connectivity index (χ4n) is 2.64. The van der Waals surface area contributed by atoms with E-state index in [0.717, 1.165) is 25.9 Å². The fraction of sp³-hybridized carbons (Fsp3) is 0.647. The van der Waals surface area contributed by atoms with Gasteiger partial charge in [-0.2, -0.15) is 0 Å². The average molecular weight is 393 g/mol. The van der Waals surface area contributed by atoms with E-state index in [1.165, 1.54) is 0 Å². The Morgan fingerprint density at radius 1 is 1.16 bits per heavy atom. The lowest BCUT2D eigenvalue weighted by Crippen LogP contribution is -2.42. The molecule has 0 amide bonds. The summed E-state index contributed by atoms with van der Waals surface area (Å²) >= 11 is 0. The Bertz CT molecular complexity index is 602. The Kier molecular flexibility index (Phi) is 9.16. The topological polar surface area (TPSA) is 76.7 Å². The summed E-state index contributed by atoms with van der Waals surface area (Å²) in [7, 11) is -3.49. The van der Waals surface area contributed by atoms with E-state index in [2.05, 4.69) is 17.0 Å². The van der Waals surface area contributed by atoms with Gasteiger partial charge in [0.1, 0.15) is 12.4 Å². The van der Waals surface area contributed by atoms with Crippen molar-refractivity contribution in [1.82, 2.24) is 10.0 Å². The van der Waals surface area contributed by atoms with Crippen molar-refractivity contribution >= 4 is 22.4 Å². The van der Waals surface area contributed by atoms with Crippen molar-refractivity contribution in [2.24, 2.45) is 5.41 Å². The van der Waals surface area contributed by atoms with Gasteiger partial charge in [-0.05, 0) is 62.5 Å². The second-order valence-electron chi connectivity index (χ2n) is 6.40. The molecule has 1 heterocycles. The summed E-state index contributed by atoms with van der Waals surface area (Å²) in [6, 6.07) is 6.49. The predicted octanol–water partition coefficient (Wildman–Crippen LogP) is 2.19. The van der Waals surface area contributed by atoms with Gasteiger partial charge < -0.3 is 14.8 Å². The zero-order chi connectivity index (χ0) is 17.5. The Labute approximate surface area is 157 Å². The van der Waals surface area contributed by atoms with E-state index in [4.69, 9.17) is 9.47 Å². The molecular formula is C17H29ClN2O4S. The predicted molar refractivity (Wildman–Crippen MR) is 101 cm³/mol. The number of hydrogen-bond donors (Lipinski definition) is 2. The van der Waals surface area contributed by atoms with Gasteiger partial charge in [0, 0.05) is 13.2 Å². The summed E-state index contributed by atoms with van der Waals surface area (Å²) in [5.74, 6) is 0.638. The van der Waals surface area contributed by atoms with Gasteiger partial charge in [0.2, 0.25) is 10.0 Å². The second-order valence-corrected chi connectivity index (χ2v) is 8.17. The number of sulfonamides is 1. The van der Waals surface area contributed by atoms with Crippen LogP contribution in [0, 0.1) is 5.41 Å². The number of hydrogen-bond acceptors (Lipinski definition) is 5. The molecule has 1 aliphatic rings. The first-order chi connectivity index (χ1) is 11.5. The molecule has 1 saturated heterocycles. The van der Waals surface area contributed by atoms with Crippen LogP contribution in [0.5, 0.6) is 5.75 Å². The molecule has 0 aromatic heterocycles. The molecule has 6 nitrogen and oxygen atoms in total. The third-order valence-electron chi connectivity index (χ3n) is 4.33. The van der Waals surface area contributed by atoms with Crippen LogP contribution in [0.3, 0.4) is 0 Å². The highest BCUT2D eigenvalue weighted by atomic mass is 35.5. The minimum atomic E-state index is -3.49. The molecule has 1 aromatic carbocycles. The molecule has 0 aliphatic carbocycles. The highest BCUT2D eigenvalue weighted by Gasteiger charge is 2.28. The van der Waals surface area contributed by atoms with Gasteiger partial charge in [-0.3, -0.25) is 0 Å². The molecule has 1 aromatic rings. The molecule has 1 fully saturated rings. The SMILES string of the molecule is CCOCCOc1ccc(S(=O)(=O)NCC2(C)CCNCC2)cc1.Cl. The van der Waals surface area contributed by atoms with E-state index in [0.29, 0.717) is 32.1 Å². The Hall–Kier alpha value is -0.860. The first kappa shape index (κ1) is 22.2. The van der Waals surface area contributed by atoms with Crippen molar-refractivity contribution in [3.8, 4) is 5.75 Å². The lowest BCUT2D eigenvalue weighted by Gasteiger charge is -2.34. The molecular weight excluding hydrogens is 364 g/mol. The maximum Gasteiger partial charge on any atom is 0.240 e. The Balaban J connectivity index is 0.00000312. The maximum absolute atomic E-state index is 12.4. The minimum absolute atomic E-state index is 0. The lowest BCUT2D eigenvalue weighted by molar-refractivity contribution is 0.110. The molecule has 144 valence electrons. The van der Waals surface area contributed by atoms with Crippen LogP contribution in [0.4, 0.5) is 0 Å². The molecule has 0 unspecified atom stereocenters. The molecule has 2 rings (SSSR count). The first-order valence-corrected chi connectivity index (χ1v) is 9.94. The highest BCUT2D eigenvalue weighted by Crippen LogP contribution is 2.27. The van der Waals surface area contributed by atoms with Crippen molar-refractivity contribution in [1.29, 1.82) is 0 Å². The monoisotopic (exact) mass is 392 g/mol. The van der Waals surface area contributed by atoms with Gasteiger partial charge in [0.05, 0.1) is 11.5 Å². The van der Waals surface area contributed by atoms with Gasteiger partial charge in [-0.25, -0.2) is 13.1 Å². The molecule has 1 aliphatic heterocycles. The molecule has 0 saturated carbocycles. The lowest BCUT2D eigenvalue weighted by atomic mass is 9.81. The van der Waals surface area contributed by atoms with Crippen molar-refractivity contribution in [2.75, 3.05) is 39.5 Å². The summed E-state index contributed by atoms with van der Waals surface area (Å²) in [6.45, 7) is 8.02. The normalized spacial score (nSPS) is 16.9. The summed E-state index contributed by atoms with van der Waals surface area (Å²) in [5.41, 5.74) is 0.0145. The number of ether oxygens (including phenoxy) is 2. The maximum atomic E-state index is 12.4. The average Bonchev–Trinajstić information content (AvgIpc) is 2.58. The van der Waals surface area contributed by atoms with Crippen molar-refractivity contribution in [3.05, 3.63) is 24.3 Å². The number of rotatable bonds is 9. The number of nitrogens with one attached hydrogen (secondary N) is 2. The van der Waals surface area contributed by atoms with Crippen LogP contribution < -0.4 is 14.8 Å². The first-order valence-electron chi connectivity index (χ1n) is 8.46. The molecule has 0 radical (unpaired) electrons. The Morgan fingerprint density at radius 3 is 2.40 bits per heavy atom. The quantitative estimate of drug-likeness (QED) is 0.630. The van der Waals surface area contributed by atoms with E-state index in [9.17, 15) is 8.42 Å². The minimum Gasteiger partial charge on any atom is -0.491 e. The van der Waals surface area contributed by atoms with Crippen molar-refractivity contribution in [3.63, 3.8) is 0 Å². The van der Waals surface area contributed by atoms with E-state index >= 15 is 0 Å². The molecule has 8 heteroatoms. The fourth-order valence-corrected chi connectivity index (χ4v) is 3.84. The van der Waals surface area contributed by atoms with Gasteiger partial charge in [0.15, 0.2) is 0 Å². The van der Waals surface area contributed by atoms with Gasteiger partial charge in [-0.15, -0.1) is 12.4 Å². The smallest absolute Gasteiger partial charge is 0.240 e. The van der Waals surface area contributed by atoms with E-state index < -0.39 is 10.0 Å². The van der Waals surface area contributed by atoms with Crippen LogP contribution in [-0.2, 0) is 14.8 Å². The number of piperidine rings is 1. The van der Waals surface area contributed by atoms with Crippen molar-refractivity contribution < 1.29 is 17.9 Å². The third kappa shape index (κ3) is 7.11. The standard InChI is InChI=1S/C17H28N2O4S.ClH/c1-3-22-12-13-23-15-4-6-16(7-5-15)24(20,21)19-14-17(2)8-10-18-11-9-17;/h4-7,18-19H,3,8-14H2,1-2H3;1H. The number of halogens is 1. The zero-order valence-corrected chi connectivity index (χ0v) is 16.5. The summed E-state index contributed by atoms with van der Waals surface area (Å²) in [5, 5.41) is 3.30. The van der Waals surface area contributed by atoms with E-state index in [1.807, 2.05) is 6.92 Å². The van der Waals surface area contributed by atoms with Crippen molar-refractivity contribution in [2.45, 2.75) is 31.6 Å². The number of benzene rings is 1. The van der Waals surface area contributed by atoms with Crippen LogP contribution in [0.2, 0.25) is 0 Å². The van der Waals surface area contributed by atoms with Gasteiger partial charge >= 0.3 is 0 Å². The molecule has 0 atom stereocenters. The Morgan fingerprint density at radius 2 is 1.80 bits per heavy atom. The summed E-state index contributed by atoms with van der Waals surface area (Å²) in [6.07, 6.45) is 1.95. The second kappa shape index (κ2) is 10.3. The molecule has 0 bridgehead atoms. The van der Waals surface area contributed by atoms with Crippen LogP contribution in [0.1, 0.15) is 26.7 Å². The summed E-state index contributed by atoms with van der Waals surface area (Å²) in [4.78, 5) is 0.261. The largest absolute Gasteiger partial charge is 0.491 e. The van der Waals surface area contributed by atoms with Crippen LogP contribution in [0.25, 0.3) is 0 Å². The van der Waals surface area contributed by atoms with Gasteiger partial charge in [-0.1, -0.05) is 6.92 Å². The summed E-state index contributed by atoms with van der Waals surface area (Å²) < 4.78 is 38.3. The van der Waals surface area contributed by atoms with E-state index in [1.54, 1.807) is 24.3 Å². The third-order valence-corrected chi connectivity index (χ3v) is 5.75. The van der Waals surface area contributed by atoms with Crippen LogP contribution in [-0.4, -0.2) is 47.9 Å². The van der Waals surface area contributed by atoms with Crippen LogP contribution >= 0.6 is 12.4 Å². The molecule has 2 N–H and O–H groups in total. The highest BCUT2D eigenvalue weighted by molar-refractivity contribution is 7.89.